The number of rotatable bonds is 7. The number of hydrogen-bond donors (Lipinski definition) is 1. The zero-order chi connectivity index (χ0) is 13.4. The molecular formula is C16H27NO. The van der Waals surface area contributed by atoms with Crippen LogP contribution in [0.15, 0.2) is 24.3 Å². The number of hydrogen-bond acceptors (Lipinski definition) is 2. The van der Waals surface area contributed by atoms with Crippen molar-refractivity contribution in [3.8, 4) is 0 Å². The van der Waals surface area contributed by atoms with Crippen LogP contribution in [0.5, 0.6) is 0 Å². The fourth-order valence-electron chi connectivity index (χ4n) is 1.85. The van der Waals surface area contributed by atoms with Crippen molar-refractivity contribution in [3.63, 3.8) is 0 Å². The quantitative estimate of drug-likeness (QED) is 0.747. The van der Waals surface area contributed by atoms with Gasteiger partial charge in [-0.25, -0.2) is 0 Å². The number of unbranched alkanes of at least 4 members (excludes halogenated alkanes) is 1. The van der Waals surface area contributed by atoms with Gasteiger partial charge in [-0.2, -0.15) is 0 Å². The second kappa shape index (κ2) is 7.55. The topological polar surface area (TPSA) is 21.3 Å². The van der Waals surface area contributed by atoms with Gasteiger partial charge >= 0.3 is 0 Å². The van der Waals surface area contributed by atoms with Gasteiger partial charge < -0.3 is 10.1 Å². The molecule has 1 aromatic carbocycles. The van der Waals surface area contributed by atoms with E-state index < -0.39 is 0 Å². The molecule has 0 fully saturated rings. The molecule has 0 aromatic heterocycles. The first kappa shape index (κ1) is 15.2. The SMILES string of the molecule is COCCCCNCc1ccc(C(C)(C)C)cc1. The van der Waals surface area contributed by atoms with Crippen molar-refractivity contribution in [1.82, 2.24) is 5.32 Å². The van der Waals surface area contributed by atoms with Gasteiger partial charge in [-0.3, -0.25) is 0 Å². The fourth-order valence-corrected chi connectivity index (χ4v) is 1.85. The Morgan fingerprint density at radius 1 is 1.06 bits per heavy atom. The van der Waals surface area contributed by atoms with Crippen LogP contribution >= 0.6 is 0 Å². The van der Waals surface area contributed by atoms with E-state index in [-0.39, 0.29) is 5.41 Å². The van der Waals surface area contributed by atoms with Gasteiger partial charge in [-0.1, -0.05) is 45.0 Å². The van der Waals surface area contributed by atoms with Gasteiger partial charge in [-0.05, 0) is 35.9 Å². The molecule has 0 unspecified atom stereocenters. The third kappa shape index (κ3) is 5.65. The lowest BCUT2D eigenvalue weighted by atomic mass is 9.87. The zero-order valence-corrected chi connectivity index (χ0v) is 12.3. The van der Waals surface area contributed by atoms with Gasteiger partial charge in [0.25, 0.3) is 0 Å². The summed E-state index contributed by atoms with van der Waals surface area (Å²) in [7, 11) is 1.75. The van der Waals surface area contributed by atoms with Crippen molar-refractivity contribution in [2.75, 3.05) is 20.3 Å². The van der Waals surface area contributed by atoms with E-state index in [1.54, 1.807) is 7.11 Å². The first-order chi connectivity index (χ1) is 8.54. The first-order valence-corrected chi connectivity index (χ1v) is 6.83. The summed E-state index contributed by atoms with van der Waals surface area (Å²) in [5.74, 6) is 0. The van der Waals surface area contributed by atoms with Crippen LogP contribution in [0.1, 0.15) is 44.7 Å². The van der Waals surface area contributed by atoms with Crippen molar-refractivity contribution in [1.29, 1.82) is 0 Å². The van der Waals surface area contributed by atoms with Crippen LogP contribution in [0.3, 0.4) is 0 Å². The minimum atomic E-state index is 0.242. The predicted octanol–water partition coefficient (Wildman–Crippen LogP) is 3.50. The first-order valence-electron chi connectivity index (χ1n) is 6.83. The maximum absolute atomic E-state index is 5.02. The normalized spacial score (nSPS) is 11.8. The standard InChI is InChI=1S/C16H27NO/c1-16(2,3)15-9-7-14(8-10-15)13-17-11-5-6-12-18-4/h7-10,17H,5-6,11-13H2,1-4H3. The molecule has 1 N–H and O–H groups in total. The summed E-state index contributed by atoms with van der Waals surface area (Å²) >= 11 is 0. The van der Waals surface area contributed by atoms with Gasteiger partial charge in [-0.15, -0.1) is 0 Å². The molecule has 102 valence electrons. The number of nitrogens with one attached hydrogen (secondary N) is 1. The van der Waals surface area contributed by atoms with Crippen molar-refractivity contribution >= 4 is 0 Å². The molecule has 0 saturated heterocycles. The molecule has 0 saturated carbocycles. The Hall–Kier alpha value is -0.860. The van der Waals surface area contributed by atoms with Crippen LogP contribution in [0, 0.1) is 0 Å². The highest BCUT2D eigenvalue weighted by molar-refractivity contribution is 5.27. The van der Waals surface area contributed by atoms with Crippen LogP contribution in [0.2, 0.25) is 0 Å². The second-order valence-corrected chi connectivity index (χ2v) is 5.82. The lowest BCUT2D eigenvalue weighted by molar-refractivity contribution is 0.192. The van der Waals surface area contributed by atoms with Gasteiger partial charge in [0.05, 0.1) is 0 Å². The molecule has 0 spiro atoms. The zero-order valence-electron chi connectivity index (χ0n) is 12.3. The number of ether oxygens (including phenoxy) is 1. The highest BCUT2D eigenvalue weighted by Gasteiger charge is 2.12. The molecule has 0 amide bonds. The Labute approximate surface area is 112 Å². The van der Waals surface area contributed by atoms with E-state index in [0.717, 1.165) is 26.1 Å². The Kier molecular flexibility index (Phi) is 6.37. The van der Waals surface area contributed by atoms with Crippen LogP contribution in [0.4, 0.5) is 0 Å². The van der Waals surface area contributed by atoms with E-state index in [0.29, 0.717) is 0 Å². The van der Waals surface area contributed by atoms with Gasteiger partial charge in [0, 0.05) is 20.3 Å². The summed E-state index contributed by atoms with van der Waals surface area (Å²) in [6.07, 6.45) is 2.31. The molecule has 0 aliphatic rings. The van der Waals surface area contributed by atoms with Gasteiger partial charge in [0.15, 0.2) is 0 Å². The fraction of sp³-hybridized carbons (Fsp3) is 0.625. The second-order valence-electron chi connectivity index (χ2n) is 5.82. The summed E-state index contributed by atoms with van der Waals surface area (Å²) < 4.78 is 5.02. The van der Waals surface area contributed by atoms with Crippen molar-refractivity contribution in [2.24, 2.45) is 0 Å². The molecule has 18 heavy (non-hydrogen) atoms. The molecule has 0 aliphatic heterocycles. The largest absolute Gasteiger partial charge is 0.385 e. The van der Waals surface area contributed by atoms with Crippen LogP contribution in [0.25, 0.3) is 0 Å². The Balaban J connectivity index is 2.27. The summed E-state index contributed by atoms with van der Waals surface area (Å²) in [6.45, 7) is 9.62. The average Bonchev–Trinajstić information content (AvgIpc) is 2.33. The van der Waals surface area contributed by atoms with Gasteiger partial charge in [0.2, 0.25) is 0 Å². The lowest BCUT2D eigenvalue weighted by Gasteiger charge is -2.19. The minimum Gasteiger partial charge on any atom is -0.385 e. The van der Waals surface area contributed by atoms with Gasteiger partial charge in [0.1, 0.15) is 0 Å². The monoisotopic (exact) mass is 249 g/mol. The Morgan fingerprint density at radius 2 is 1.72 bits per heavy atom. The summed E-state index contributed by atoms with van der Waals surface area (Å²) in [5.41, 5.74) is 2.99. The molecular weight excluding hydrogens is 222 g/mol. The van der Waals surface area contributed by atoms with Crippen LogP contribution in [-0.4, -0.2) is 20.3 Å². The highest BCUT2D eigenvalue weighted by atomic mass is 16.5. The van der Waals surface area contributed by atoms with Crippen molar-refractivity contribution in [2.45, 2.75) is 45.6 Å². The third-order valence-corrected chi connectivity index (χ3v) is 3.10. The molecule has 1 rings (SSSR count). The molecule has 2 nitrogen and oxygen atoms in total. The highest BCUT2D eigenvalue weighted by Crippen LogP contribution is 2.22. The molecule has 0 bridgehead atoms. The summed E-state index contributed by atoms with van der Waals surface area (Å²) in [6, 6.07) is 8.93. The van der Waals surface area contributed by atoms with E-state index >= 15 is 0 Å². The summed E-state index contributed by atoms with van der Waals surface area (Å²) in [5, 5.41) is 3.46. The Morgan fingerprint density at radius 3 is 2.28 bits per heavy atom. The predicted molar refractivity (Wildman–Crippen MR) is 78.0 cm³/mol. The van der Waals surface area contributed by atoms with E-state index in [1.165, 1.54) is 17.5 Å². The lowest BCUT2D eigenvalue weighted by Crippen LogP contribution is -2.16. The number of methoxy groups -OCH3 is 1. The number of benzene rings is 1. The molecule has 0 heterocycles. The minimum absolute atomic E-state index is 0.242. The average molecular weight is 249 g/mol. The van der Waals surface area contributed by atoms with Crippen molar-refractivity contribution < 1.29 is 4.74 Å². The van der Waals surface area contributed by atoms with E-state index in [4.69, 9.17) is 4.74 Å². The van der Waals surface area contributed by atoms with E-state index in [1.807, 2.05) is 0 Å². The molecule has 0 atom stereocenters. The smallest absolute Gasteiger partial charge is 0.0462 e. The maximum atomic E-state index is 5.02. The summed E-state index contributed by atoms with van der Waals surface area (Å²) in [4.78, 5) is 0. The Bertz CT molecular complexity index is 324. The molecule has 0 aliphatic carbocycles. The van der Waals surface area contributed by atoms with Crippen LogP contribution in [-0.2, 0) is 16.7 Å². The van der Waals surface area contributed by atoms with Crippen LogP contribution < -0.4 is 5.32 Å². The third-order valence-electron chi connectivity index (χ3n) is 3.10. The van der Waals surface area contributed by atoms with E-state index in [9.17, 15) is 0 Å². The van der Waals surface area contributed by atoms with Crippen molar-refractivity contribution in [3.05, 3.63) is 35.4 Å². The molecule has 1 aromatic rings. The molecule has 2 heteroatoms. The molecule has 0 radical (unpaired) electrons. The maximum Gasteiger partial charge on any atom is 0.0462 e. The van der Waals surface area contributed by atoms with E-state index in [2.05, 4.69) is 50.4 Å².